The summed E-state index contributed by atoms with van der Waals surface area (Å²) >= 11 is 1.02. The summed E-state index contributed by atoms with van der Waals surface area (Å²) in [6.07, 6.45) is 1.33. The van der Waals surface area contributed by atoms with Crippen LogP contribution in [0.3, 0.4) is 0 Å². The molecular weight excluding hydrogens is 352 g/mol. The summed E-state index contributed by atoms with van der Waals surface area (Å²) in [6, 6.07) is 0. The van der Waals surface area contributed by atoms with Crippen molar-refractivity contribution < 1.29 is 14.4 Å². The zero-order valence-corrected chi connectivity index (χ0v) is 14.1. The Bertz CT molecular complexity index is 171. The minimum atomic E-state index is -0.245. The summed E-state index contributed by atoms with van der Waals surface area (Å²) in [5.41, 5.74) is 14.0. The van der Waals surface area contributed by atoms with Gasteiger partial charge in [-0.2, -0.15) is 0 Å². The molecule has 0 saturated heterocycles. The number of hydrogen-bond donors (Lipinski definition) is 3. The third kappa shape index (κ3) is 93.4. The standard InChI is InChI=1S/3C3H7NO.ClH.Sn/c3*1-2-3(4)5;;/h3*2H2,1H3,(H2,4,5);1H;/q;;;;+1/p-1. The molecule has 0 saturated carbocycles. The second-order valence-corrected chi connectivity index (χ2v) is 2.46. The average molecular weight is 373 g/mol. The third-order valence-corrected chi connectivity index (χ3v) is 1.05. The van der Waals surface area contributed by atoms with Crippen LogP contribution in [0.5, 0.6) is 0 Å². The molecule has 0 atom stereocenters. The van der Waals surface area contributed by atoms with E-state index in [-0.39, 0.29) is 17.7 Å². The van der Waals surface area contributed by atoms with E-state index in [0.717, 1.165) is 21.4 Å². The molecule has 0 rings (SSSR count). The number of rotatable bonds is 3. The number of nitrogens with two attached hydrogens (primary N) is 3. The van der Waals surface area contributed by atoms with Gasteiger partial charge in [-0.15, -0.1) is 0 Å². The molecule has 0 bridgehead atoms. The Labute approximate surface area is 119 Å². The maximum atomic E-state index is 9.59. The van der Waals surface area contributed by atoms with Crippen molar-refractivity contribution in [3.63, 3.8) is 0 Å². The minimum absolute atomic E-state index is 0.245. The molecule has 6 nitrogen and oxygen atoms in total. The number of carbonyl (C=O) groups excluding carboxylic acids is 3. The van der Waals surface area contributed by atoms with Crippen LogP contribution in [0, 0.1) is 0 Å². The molecule has 0 unspecified atom stereocenters. The average Bonchev–Trinajstić information content (AvgIpc) is 2.32. The summed E-state index contributed by atoms with van der Waals surface area (Å²) in [4.78, 5) is 28.8. The number of amides is 3. The number of carbonyl (C=O) groups is 3. The van der Waals surface area contributed by atoms with Crippen molar-refractivity contribution in [2.24, 2.45) is 17.2 Å². The van der Waals surface area contributed by atoms with E-state index in [4.69, 9.17) is 8.92 Å². The van der Waals surface area contributed by atoms with Gasteiger partial charge < -0.3 is 17.2 Å². The number of halogens is 1. The Morgan fingerprint density at radius 1 is 0.765 bits per heavy atom. The van der Waals surface area contributed by atoms with Gasteiger partial charge in [0, 0.05) is 19.3 Å². The van der Waals surface area contributed by atoms with E-state index in [1.807, 2.05) is 0 Å². The van der Waals surface area contributed by atoms with Gasteiger partial charge in [0.05, 0.1) is 0 Å². The Morgan fingerprint density at radius 3 is 0.824 bits per heavy atom. The molecular formula is C9H21ClN3O3Sn. The monoisotopic (exact) mass is 374 g/mol. The molecule has 0 aliphatic rings. The summed E-state index contributed by atoms with van der Waals surface area (Å²) in [6.45, 7) is 5.17. The first-order valence-electron chi connectivity index (χ1n) is 4.85. The van der Waals surface area contributed by atoms with Crippen LogP contribution in [0.4, 0.5) is 0 Å². The van der Waals surface area contributed by atoms with Crippen molar-refractivity contribution in [1.82, 2.24) is 0 Å². The van der Waals surface area contributed by atoms with Gasteiger partial charge in [-0.3, -0.25) is 14.4 Å². The summed E-state index contributed by atoms with van der Waals surface area (Å²) in [7, 11) is 4.73. The first-order valence-corrected chi connectivity index (χ1v) is 8.46. The molecule has 0 aromatic heterocycles. The fraction of sp³-hybridized carbons (Fsp3) is 0.667. The van der Waals surface area contributed by atoms with Crippen molar-refractivity contribution >= 4 is 48.0 Å². The second kappa shape index (κ2) is 24.6. The molecule has 0 aromatic rings. The molecule has 8 heteroatoms. The SMILES string of the molecule is CCC(N)=O.CCC(N)=O.CCC(N)=O.[Cl][Sn]. The van der Waals surface area contributed by atoms with E-state index in [2.05, 4.69) is 17.2 Å². The van der Waals surface area contributed by atoms with E-state index in [1.54, 1.807) is 20.8 Å². The summed E-state index contributed by atoms with van der Waals surface area (Å²) < 4.78 is 0. The predicted molar refractivity (Wildman–Crippen MR) is 70.1 cm³/mol. The molecule has 0 heterocycles. The van der Waals surface area contributed by atoms with Gasteiger partial charge in [-0.1, -0.05) is 20.8 Å². The van der Waals surface area contributed by atoms with Gasteiger partial charge in [-0.25, -0.2) is 0 Å². The van der Waals surface area contributed by atoms with Crippen LogP contribution in [-0.4, -0.2) is 39.1 Å². The van der Waals surface area contributed by atoms with Gasteiger partial charge in [0.2, 0.25) is 17.7 Å². The fourth-order valence-electron chi connectivity index (χ4n) is 0. The van der Waals surface area contributed by atoms with Crippen LogP contribution in [0.1, 0.15) is 40.0 Å². The van der Waals surface area contributed by atoms with Crippen LogP contribution >= 0.6 is 8.92 Å². The Morgan fingerprint density at radius 2 is 0.824 bits per heavy atom. The Balaban J connectivity index is -0.0000000693. The molecule has 6 N–H and O–H groups in total. The molecule has 0 aliphatic carbocycles. The number of hydrogen-bond acceptors (Lipinski definition) is 3. The topological polar surface area (TPSA) is 129 Å². The maximum absolute atomic E-state index is 9.59. The first kappa shape index (κ1) is 25.4. The van der Waals surface area contributed by atoms with E-state index in [9.17, 15) is 14.4 Å². The quantitative estimate of drug-likeness (QED) is 0.600. The Hall–Kier alpha value is -0.501. The molecule has 3 amide bonds. The van der Waals surface area contributed by atoms with E-state index >= 15 is 0 Å². The normalized spacial score (nSPS) is 6.88. The molecule has 0 aliphatic heterocycles. The van der Waals surface area contributed by atoms with Crippen LogP contribution < -0.4 is 17.2 Å². The van der Waals surface area contributed by atoms with Crippen LogP contribution in [0.15, 0.2) is 0 Å². The summed E-state index contributed by atoms with van der Waals surface area (Å²) in [5, 5.41) is 0. The molecule has 3 radical (unpaired) electrons. The van der Waals surface area contributed by atoms with Gasteiger partial charge in [0.25, 0.3) is 0 Å². The predicted octanol–water partition coefficient (Wildman–Crippen LogP) is -0.0462. The molecule has 0 aromatic carbocycles. The molecule has 17 heavy (non-hydrogen) atoms. The van der Waals surface area contributed by atoms with Gasteiger partial charge in [-0.05, 0) is 0 Å². The van der Waals surface area contributed by atoms with Gasteiger partial charge >= 0.3 is 30.3 Å². The van der Waals surface area contributed by atoms with Crippen LogP contribution in [-0.2, 0) is 14.4 Å². The van der Waals surface area contributed by atoms with Crippen LogP contribution in [0.25, 0.3) is 0 Å². The molecule has 0 spiro atoms. The zero-order valence-electron chi connectivity index (χ0n) is 10.5. The van der Waals surface area contributed by atoms with E-state index in [0.29, 0.717) is 19.3 Å². The van der Waals surface area contributed by atoms with E-state index < -0.39 is 0 Å². The van der Waals surface area contributed by atoms with Crippen molar-refractivity contribution in [2.75, 3.05) is 0 Å². The summed E-state index contributed by atoms with van der Waals surface area (Å²) in [5.74, 6) is -0.736. The van der Waals surface area contributed by atoms with E-state index in [1.165, 1.54) is 0 Å². The van der Waals surface area contributed by atoms with Crippen LogP contribution in [0.2, 0.25) is 0 Å². The van der Waals surface area contributed by atoms with Crippen molar-refractivity contribution in [3.05, 3.63) is 0 Å². The van der Waals surface area contributed by atoms with Crippen molar-refractivity contribution in [2.45, 2.75) is 40.0 Å². The fourth-order valence-corrected chi connectivity index (χ4v) is 0. The van der Waals surface area contributed by atoms with Gasteiger partial charge in [0.15, 0.2) is 0 Å². The molecule has 0 fully saturated rings. The Kier molecular flexibility index (Phi) is 36.8. The van der Waals surface area contributed by atoms with Gasteiger partial charge in [0.1, 0.15) is 0 Å². The zero-order chi connectivity index (χ0) is 14.9. The number of primary amides is 3. The molecule has 101 valence electrons. The van der Waals surface area contributed by atoms with Crippen molar-refractivity contribution in [1.29, 1.82) is 0 Å². The third-order valence-electron chi connectivity index (χ3n) is 1.05. The first-order chi connectivity index (χ1) is 7.81. The second-order valence-electron chi connectivity index (χ2n) is 2.46. The van der Waals surface area contributed by atoms with Crippen molar-refractivity contribution in [3.8, 4) is 0 Å².